The van der Waals surface area contributed by atoms with Crippen molar-refractivity contribution in [1.29, 1.82) is 0 Å². The molecule has 1 aromatic rings. The second-order valence-electron chi connectivity index (χ2n) is 4.27. The molecule has 1 rings (SSSR count). The van der Waals surface area contributed by atoms with E-state index in [4.69, 9.17) is 28.3 Å². The lowest BCUT2D eigenvalue weighted by atomic mass is 10.1. The van der Waals surface area contributed by atoms with Crippen LogP contribution in [0.1, 0.15) is 12.5 Å². The highest BCUT2D eigenvalue weighted by atomic mass is 35.5. The largest absolute Gasteiger partial charge is 0.481 e. The van der Waals surface area contributed by atoms with E-state index in [2.05, 4.69) is 0 Å². The molecule has 1 N–H and O–H groups in total. The monoisotopic (exact) mass is 293 g/mol. The molecule has 18 heavy (non-hydrogen) atoms. The van der Waals surface area contributed by atoms with Crippen LogP contribution in [0.5, 0.6) is 0 Å². The number of hydrogen-bond acceptors (Lipinski definition) is 2. The molecule has 1 atom stereocenters. The van der Waals surface area contributed by atoms with Crippen molar-refractivity contribution in [2.24, 2.45) is 5.92 Å². The van der Waals surface area contributed by atoms with E-state index in [9.17, 15) is 9.18 Å². The van der Waals surface area contributed by atoms with Crippen LogP contribution in [0.3, 0.4) is 0 Å². The smallest absolute Gasteiger partial charge is 0.307 e. The summed E-state index contributed by atoms with van der Waals surface area (Å²) in [6.07, 6.45) is 0. The normalized spacial score (nSPS) is 12.8. The van der Waals surface area contributed by atoms with Crippen molar-refractivity contribution >= 4 is 29.2 Å². The molecule has 0 heterocycles. The Morgan fingerprint density at radius 2 is 2.06 bits per heavy atom. The van der Waals surface area contributed by atoms with E-state index in [0.29, 0.717) is 18.7 Å². The van der Waals surface area contributed by atoms with E-state index in [1.165, 1.54) is 6.07 Å². The van der Waals surface area contributed by atoms with Gasteiger partial charge in [-0.1, -0.05) is 36.2 Å². The maximum atomic E-state index is 13.1. The lowest BCUT2D eigenvalue weighted by Crippen LogP contribution is -2.28. The van der Waals surface area contributed by atoms with Crippen LogP contribution >= 0.6 is 23.2 Å². The first kappa shape index (κ1) is 15.2. The first-order valence-electron chi connectivity index (χ1n) is 5.36. The van der Waals surface area contributed by atoms with E-state index < -0.39 is 17.7 Å². The summed E-state index contributed by atoms with van der Waals surface area (Å²) in [6, 6.07) is 2.80. The second-order valence-corrected chi connectivity index (χ2v) is 5.03. The molecule has 0 saturated carbocycles. The molecule has 0 aliphatic heterocycles. The summed E-state index contributed by atoms with van der Waals surface area (Å²) in [5, 5.41) is 8.88. The first-order valence-corrected chi connectivity index (χ1v) is 6.12. The summed E-state index contributed by atoms with van der Waals surface area (Å²) in [6.45, 7) is 2.41. The van der Waals surface area contributed by atoms with Crippen LogP contribution in [0.25, 0.3) is 0 Å². The molecule has 0 aliphatic carbocycles. The standard InChI is InChI=1S/C12H14Cl2FNO2/c1-7(12(17)18)5-16(2)6-8-3-4-9(15)11(14)10(8)13/h3-4,7H,5-6H2,1-2H3,(H,17,18). The Balaban J connectivity index is 2.73. The number of benzene rings is 1. The second kappa shape index (κ2) is 6.36. The van der Waals surface area contributed by atoms with Gasteiger partial charge in [-0.15, -0.1) is 0 Å². The van der Waals surface area contributed by atoms with Gasteiger partial charge in [-0.3, -0.25) is 4.79 Å². The van der Waals surface area contributed by atoms with Gasteiger partial charge in [-0.2, -0.15) is 0 Å². The minimum Gasteiger partial charge on any atom is -0.481 e. The molecule has 1 unspecified atom stereocenters. The van der Waals surface area contributed by atoms with E-state index in [1.807, 2.05) is 0 Å². The number of carboxylic acid groups (broad SMARTS) is 1. The van der Waals surface area contributed by atoms with Crippen molar-refractivity contribution in [3.63, 3.8) is 0 Å². The van der Waals surface area contributed by atoms with Gasteiger partial charge < -0.3 is 10.0 Å². The topological polar surface area (TPSA) is 40.5 Å². The van der Waals surface area contributed by atoms with Crippen molar-refractivity contribution in [2.75, 3.05) is 13.6 Å². The summed E-state index contributed by atoms with van der Waals surface area (Å²) in [4.78, 5) is 12.5. The maximum absolute atomic E-state index is 13.1. The van der Waals surface area contributed by atoms with E-state index in [1.54, 1.807) is 24.9 Å². The van der Waals surface area contributed by atoms with Crippen LogP contribution in [0.4, 0.5) is 4.39 Å². The number of carbonyl (C=O) groups is 1. The van der Waals surface area contributed by atoms with Crippen LogP contribution in [0.15, 0.2) is 12.1 Å². The average molecular weight is 294 g/mol. The highest BCUT2D eigenvalue weighted by Gasteiger charge is 2.16. The molecule has 0 fully saturated rings. The molecule has 0 aromatic heterocycles. The fourth-order valence-electron chi connectivity index (χ4n) is 1.59. The zero-order valence-electron chi connectivity index (χ0n) is 10.1. The van der Waals surface area contributed by atoms with Gasteiger partial charge in [0, 0.05) is 13.1 Å². The van der Waals surface area contributed by atoms with Gasteiger partial charge in [-0.25, -0.2) is 4.39 Å². The predicted molar refractivity (Wildman–Crippen MR) is 69.6 cm³/mol. The van der Waals surface area contributed by atoms with Gasteiger partial charge in [0.05, 0.1) is 16.0 Å². The first-order chi connectivity index (χ1) is 8.32. The molecular formula is C12H14Cl2FNO2. The molecule has 6 heteroatoms. The van der Waals surface area contributed by atoms with Gasteiger partial charge in [0.1, 0.15) is 5.82 Å². The number of hydrogen-bond donors (Lipinski definition) is 1. The van der Waals surface area contributed by atoms with Crippen molar-refractivity contribution in [2.45, 2.75) is 13.5 Å². The summed E-state index contributed by atoms with van der Waals surface area (Å²) >= 11 is 11.6. The zero-order chi connectivity index (χ0) is 13.9. The number of halogens is 3. The average Bonchev–Trinajstić information content (AvgIpc) is 2.29. The van der Waals surface area contributed by atoms with E-state index in [0.717, 1.165) is 0 Å². The minimum atomic E-state index is -0.856. The highest BCUT2D eigenvalue weighted by Crippen LogP contribution is 2.29. The Hall–Kier alpha value is -0.840. The summed E-state index contributed by atoms with van der Waals surface area (Å²) in [5.41, 5.74) is 0.670. The predicted octanol–water partition coefficient (Wildman–Crippen LogP) is 3.29. The number of nitrogens with zero attached hydrogens (tertiary/aromatic N) is 1. The molecule has 0 saturated heterocycles. The van der Waals surface area contributed by atoms with Gasteiger partial charge in [-0.05, 0) is 18.7 Å². The van der Waals surface area contributed by atoms with Crippen LogP contribution in [-0.2, 0) is 11.3 Å². The third kappa shape index (κ3) is 3.83. The molecule has 0 radical (unpaired) electrons. The molecule has 0 spiro atoms. The van der Waals surface area contributed by atoms with Gasteiger partial charge >= 0.3 is 5.97 Å². The lowest BCUT2D eigenvalue weighted by molar-refractivity contribution is -0.141. The quantitative estimate of drug-likeness (QED) is 0.847. The van der Waals surface area contributed by atoms with Crippen molar-refractivity contribution in [1.82, 2.24) is 4.90 Å². The van der Waals surface area contributed by atoms with Crippen LogP contribution in [0, 0.1) is 11.7 Å². The SMILES string of the molecule is CC(CN(C)Cc1ccc(F)c(Cl)c1Cl)C(=O)O. The van der Waals surface area contributed by atoms with E-state index in [-0.39, 0.29) is 10.0 Å². The summed E-state index contributed by atoms with van der Waals surface area (Å²) < 4.78 is 13.1. The Morgan fingerprint density at radius 3 is 2.61 bits per heavy atom. The molecular weight excluding hydrogens is 280 g/mol. The van der Waals surface area contributed by atoms with Gasteiger partial charge in [0.15, 0.2) is 0 Å². The highest BCUT2D eigenvalue weighted by molar-refractivity contribution is 6.42. The van der Waals surface area contributed by atoms with Gasteiger partial charge in [0.25, 0.3) is 0 Å². The van der Waals surface area contributed by atoms with Crippen LogP contribution in [-0.4, -0.2) is 29.6 Å². The van der Waals surface area contributed by atoms with Crippen molar-refractivity contribution in [3.8, 4) is 0 Å². The molecule has 0 amide bonds. The number of carboxylic acids is 1. The molecule has 1 aromatic carbocycles. The molecule has 3 nitrogen and oxygen atoms in total. The summed E-state index contributed by atoms with van der Waals surface area (Å²) in [5.74, 6) is -1.90. The fraction of sp³-hybridized carbons (Fsp3) is 0.417. The fourth-order valence-corrected chi connectivity index (χ4v) is 1.99. The van der Waals surface area contributed by atoms with Crippen LogP contribution < -0.4 is 0 Å². The van der Waals surface area contributed by atoms with Crippen molar-refractivity contribution < 1.29 is 14.3 Å². The Morgan fingerprint density at radius 1 is 1.44 bits per heavy atom. The Kier molecular flexibility index (Phi) is 5.38. The third-order valence-corrected chi connectivity index (χ3v) is 3.46. The summed E-state index contributed by atoms with van der Waals surface area (Å²) in [7, 11) is 1.77. The molecule has 0 bridgehead atoms. The maximum Gasteiger partial charge on any atom is 0.307 e. The lowest BCUT2D eigenvalue weighted by Gasteiger charge is -2.20. The Bertz CT molecular complexity index is 454. The van der Waals surface area contributed by atoms with E-state index >= 15 is 0 Å². The third-order valence-electron chi connectivity index (χ3n) is 2.56. The molecule has 100 valence electrons. The number of rotatable bonds is 5. The zero-order valence-corrected chi connectivity index (χ0v) is 11.6. The van der Waals surface area contributed by atoms with Crippen LogP contribution in [0.2, 0.25) is 10.0 Å². The number of aliphatic carboxylic acids is 1. The van der Waals surface area contributed by atoms with Gasteiger partial charge in [0.2, 0.25) is 0 Å². The van der Waals surface area contributed by atoms with Crippen molar-refractivity contribution in [3.05, 3.63) is 33.6 Å². The molecule has 0 aliphatic rings. The Labute approximate surface area is 115 Å². The minimum absolute atomic E-state index is 0.103.